The highest BCUT2D eigenvalue weighted by Crippen LogP contribution is 2.24. The lowest BCUT2D eigenvalue weighted by atomic mass is 10.0. The van der Waals surface area contributed by atoms with E-state index in [0.717, 1.165) is 31.7 Å². The van der Waals surface area contributed by atoms with Crippen molar-refractivity contribution < 1.29 is 13.2 Å². The minimum absolute atomic E-state index is 0.315. The minimum atomic E-state index is -2.77. The van der Waals surface area contributed by atoms with E-state index in [0.29, 0.717) is 24.0 Å². The van der Waals surface area contributed by atoms with Gasteiger partial charge >= 0.3 is 0 Å². The van der Waals surface area contributed by atoms with Crippen LogP contribution >= 0.6 is 0 Å². The van der Waals surface area contributed by atoms with Crippen LogP contribution in [-0.4, -0.2) is 26.5 Å². The maximum atomic E-state index is 11.4. The number of benzene rings is 1. The van der Waals surface area contributed by atoms with Crippen LogP contribution in [0.1, 0.15) is 24.0 Å². The molecule has 5 heteroatoms. The third kappa shape index (κ3) is 3.09. The van der Waals surface area contributed by atoms with Crippen molar-refractivity contribution in [2.45, 2.75) is 25.9 Å². The molecular weight excluding hydrogens is 262 g/mol. The van der Waals surface area contributed by atoms with Crippen LogP contribution in [0.2, 0.25) is 0 Å². The highest BCUT2D eigenvalue weighted by molar-refractivity contribution is 7.91. The van der Waals surface area contributed by atoms with E-state index in [-0.39, 0.29) is 0 Å². The van der Waals surface area contributed by atoms with Crippen molar-refractivity contribution in [1.82, 2.24) is 5.32 Å². The summed E-state index contributed by atoms with van der Waals surface area (Å²) in [6, 6.07) is 6.20. The molecule has 0 aromatic heterocycles. The molecule has 0 spiro atoms. The van der Waals surface area contributed by atoms with Gasteiger partial charge in [0.05, 0.1) is 18.1 Å². The average Bonchev–Trinajstić information content (AvgIpc) is 2.85. The van der Waals surface area contributed by atoms with Crippen LogP contribution in [-0.2, 0) is 22.9 Å². The summed E-state index contributed by atoms with van der Waals surface area (Å²) >= 11 is 0. The number of rotatable bonds is 3. The lowest BCUT2D eigenvalue weighted by molar-refractivity contribution is 0.238. The second-order valence-electron chi connectivity index (χ2n) is 5.44. The number of hydrogen-bond donors (Lipinski definition) is 1. The smallest absolute Gasteiger partial charge is 0.150 e. The van der Waals surface area contributed by atoms with Crippen molar-refractivity contribution in [1.29, 1.82) is 0 Å². The maximum Gasteiger partial charge on any atom is 0.150 e. The Labute approximate surface area is 114 Å². The summed E-state index contributed by atoms with van der Waals surface area (Å²) in [5, 5.41) is 3.31. The van der Waals surface area contributed by atoms with Gasteiger partial charge in [-0.1, -0.05) is 6.07 Å². The molecule has 3 rings (SSSR count). The Morgan fingerprint density at radius 2 is 1.89 bits per heavy atom. The van der Waals surface area contributed by atoms with E-state index in [9.17, 15) is 8.42 Å². The summed E-state index contributed by atoms with van der Waals surface area (Å²) in [6.45, 7) is 2.48. The van der Waals surface area contributed by atoms with Gasteiger partial charge in [0.15, 0.2) is 0 Å². The summed E-state index contributed by atoms with van der Waals surface area (Å²) in [5.74, 6) is 1.90. The lowest BCUT2D eigenvalue weighted by Crippen LogP contribution is -2.26. The number of nitrogens with one attached hydrogen (secondary N) is 1. The Morgan fingerprint density at radius 1 is 1.16 bits per heavy atom. The van der Waals surface area contributed by atoms with Gasteiger partial charge in [0.1, 0.15) is 15.6 Å². The molecule has 0 amide bonds. The largest absolute Gasteiger partial charge is 0.493 e. The Morgan fingerprint density at radius 3 is 2.68 bits per heavy atom. The topological polar surface area (TPSA) is 55.4 Å². The molecule has 19 heavy (non-hydrogen) atoms. The molecule has 1 aromatic carbocycles. The third-order valence-corrected chi connectivity index (χ3v) is 5.68. The van der Waals surface area contributed by atoms with Crippen LogP contribution in [0.15, 0.2) is 18.2 Å². The van der Waals surface area contributed by atoms with Gasteiger partial charge in [0.2, 0.25) is 0 Å². The first kappa shape index (κ1) is 12.9. The van der Waals surface area contributed by atoms with Gasteiger partial charge in [-0.15, -0.1) is 0 Å². The second-order valence-corrected chi connectivity index (χ2v) is 7.74. The molecule has 2 heterocycles. The summed E-state index contributed by atoms with van der Waals surface area (Å²) in [5.41, 5.74) is 2.65. The number of fused-ring (bicyclic) bond motifs is 1. The molecule has 1 aromatic rings. The van der Waals surface area contributed by atoms with Gasteiger partial charge in [0.25, 0.3) is 0 Å². The van der Waals surface area contributed by atoms with Crippen LogP contribution in [0, 0.1) is 5.92 Å². The highest BCUT2D eigenvalue weighted by atomic mass is 32.2. The van der Waals surface area contributed by atoms with Gasteiger partial charge in [-0.25, -0.2) is 8.42 Å². The van der Waals surface area contributed by atoms with Gasteiger partial charge in [-0.05, 0) is 42.0 Å². The van der Waals surface area contributed by atoms with Crippen LogP contribution in [0.3, 0.4) is 0 Å². The van der Waals surface area contributed by atoms with Crippen molar-refractivity contribution in [2.75, 3.05) is 18.1 Å². The predicted molar refractivity (Wildman–Crippen MR) is 73.9 cm³/mol. The SMILES string of the molecule is O=S1(=O)CCC(COc2ccc3c(c2)CNC3)CC1. The van der Waals surface area contributed by atoms with Crippen molar-refractivity contribution in [2.24, 2.45) is 5.92 Å². The normalized spacial score (nSPS) is 22.1. The summed E-state index contributed by atoms with van der Waals surface area (Å²) in [4.78, 5) is 0. The zero-order chi connectivity index (χ0) is 13.3. The fourth-order valence-electron chi connectivity index (χ4n) is 2.68. The molecular formula is C14H19NO3S. The molecule has 0 unspecified atom stereocenters. The Kier molecular flexibility index (Phi) is 3.50. The van der Waals surface area contributed by atoms with E-state index in [1.165, 1.54) is 11.1 Å². The molecule has 104 valence electrons. The molecule has 1 N–H and O–H groups in total. The van der Waals surface area contributed by atoms with Crippen molar-refractivity contribution in [3.8, 4) is 5.75 Å². The third-order valence-electron chi connectivity index (χ3n) is 3.97. The number of sulfone groups is 1. The van der Waals surface area contributed by atoms with Crippen LogP contribution < -0.4 is 10.1 Å². The zero-order valence-corrected chi connectivity index (χ0v) is 11.7. The van der Waals surface area contributed by atoms with Gasteiger partial charge < -0.3 is 10.1 Å². The van der Waals surface area contributed by atoms with Crippen molar-refractivity contribution >= 4 is 9.84 Å². The fraction of sp³-hybridized carbons (Fsp3) is 0.571. The van der Waals surface area contributed by atoms with Gasteiger partial charge in [0, 0.05) is 13.1 Å². The van der Waals surface area contributed by atoms with Gasteiger partial charge in [-0.3, -0.25) is 0 Å². The fourth-order valence-corrected chi connectivity index (χ4v) is 4.27. The van der Waals surface area contributed by atoms with Crippen molar-refractivity contribution in [3.05, 3.63) is 29.3 Å². The summed E-state index contributed by atoms with van der Waals surface area (Å²) < 4.78 is 28.5. The highest BCUT2D eigenvalue weighted by Gasteiger charge is 2.24. The molecule has 0 atom stereocenters. The van der Waals surface area contributed by atoms with Crippen LogP contribution in [0.5, 0.6) is 5.75 Å². The second kappa shape index (κ2) is 5.13. The minimum Gasteiger partial charge on any atom is -0.493 e. The maximum absolute atomic E-state index is 11.4. The molecule has 0 bridgehead atoms. The zero-order valence-electron chi connectivity index (χ0n) is 10.9. The van der Waals surface area contributed by atoms with E-state index in [2.05, 4.69) is 17.4 Å². The molecule has 2 aliphatic rings. The monoisotopic (exact) mass is 281 g/mol. The molecule has 0 radical (unpaired) electrons. The van der Waals surface area contributed by atoms with E-state index < -0.39 is 9.84 Å². The quantitative estimate of drug-likeness (QED) is 0.912. The van der Waals surface area contributed by atoms with E-state index in [4.69, 9.17) is 4.74 Å². The molecule has 0 saturated carbocycles. The van der Waals surface area contributed by atoms with Gasteiger partial charge in [-0.2, -0.15) is 0 Å². The first-order chi connectivity index (χ1) is 9.12. The molecule has 1 fully saturated rings. The molecule has 4 nitrogen and oxygen atoms in total. The molecule has 0 aliphatic carbocycles. The number of ether oxygens (including phenoxy) is 1. The first-order valence-corrected chi connectivity index (χ1v) is 8.60. The summed E-state index contributed by atoms with van der Waals surface area (Å²) in [6.07, 6.45) is 1.46. The van der Waals surface area contributed by atoms with E-state index >= 15 is 0 Å². The standard InChI is InChI=1S/C14H19NO3S/c16-19(17)5-3-11(4-6-19)10-18-14-2-1-12-8-15-9-13(12)7-14/h1-2,7,11,15H,3-6,8-10H2. The Balaban J connectivity index is 1.55. The summed E-state index contributed by atoms with van der Waals surface area (Å²) in [7, 11) is -2.77. The Bertz CT molecular complexity index is 554. The first-order valence-electron chi connectivity index (χ1n) is 6.78. The average molecular weight is 281 g/mol. The molecule has 2 aliphatic heterocycles. The van der Waals surface area contributed by atoms with E-state index in [1.807, 2.05) is 6.07 Å². The Hall–Kier alpha value is -1.07. The molecule has 1 saturated heterocycles. The van der Waals surface area contributed by atoms with Crippen LogP contribution in [0.4, 0.5) is 0 Å². The predicted octanol–water partition coefficient (Wildman–Crippen LogP) is 1.49. The number of hydrogen-bond acceptors (Lipinski definition) is 4. The van der Waals surface area contributed by atoms with Crippen molar-refractivity contribution in [3.63, 3.8) is 0 Å². The lowest BCUT2D eigenvalue weighted by Gasteiger charge is -2.22. The van der Waals surface area contributed by atoms with E-state index in [1.54, 1.807) is 0 Å². The van der Waals surface area contributed by atoms with Crippen LogP contribution in [0.25, 0.3) is 0 Å².